The molecule has 1 aliphatic rings. The molecule has 0 N–H and O–H groups in total. The third-order valence-corrected chi connectivity index (χ3v) is 4.47. The maximum Gasteiger partial charge on any atom is 0.410 e. The normalized spacial score (nSPS) is 17.7. The van der Waals surface area contributed by atoms with Gasteiger partial charge in [0.1, 0.15) is 5.60 Å². The Balaban J connectivity index is 2.21. The number of anilines is 1. The lowest BCUT2D eigenvalue weighted by Crippen LogP contribution is -2.57. The molecule has 1 atom stereocenters. The summed E-state index contributed by atoms with van der Waals surface area (Å²) in [4.78, 5) is 27.1. The van der Waals surface area contributed by atoms with Gasteiger partial charge in [0, 0.05) is 44.1 Å². The van der Waals surface area contributed by atoms with Crippen LogP contribution in [0.3, 0.4) is 0 Å². The van der Waals surface area contributed by atoms with E-state index < -0.39 is 5.60 Å². The fourth-order valence-corrected chi connectivity index (χ4v) is 3.23. The topological polar surface area (TPSA) is 85.2 Å². The van der Waals surface area contributed by atoms with Crippen molar-refractivity contribution in [1.29, 1.82) is 0 Å². The van der Waals surface area contributed by atoms with Crippen LogP contribution in [0.5, 0.6) is 0 Å². The number of aryl methyl sites for hydroxylation is 1. The predicted molar refractivity (Wildman–Crippen MR) is 103 cm³/mol. The van der Waals surface area contributed by atoms with Gasteiger partial charge in [0.2, 0.25) is 0 Å². The summed E-state index contributed by atoms with van der Waals surface area (Å²) in [6, 6.07) is 5.13. The Labute approximate surface area is 160 Å². The first-order valence-corrected chi connectivity index (χ1v) is 9.17. The molecule has 1 heterocycles. The molecule has 1 amide bonds. The number of piperazine rings is 1. The molecular formula is C19H29N3O5. The Bertz CT molecular complexity index is 686. The molecule has 1 aliphatic heterocycles. The van der Waals surface area contributed by atoms with Crippen molar-refractivity contribution in [3.8, 4) is 0 Å². The largest absolute Gasteiger partial charge is 0.444 e. The van der Waals surface area contributed by atoms with E-state index in [0.717, 1.165) is 5.69 Å². The molecule has 0 radical (unpaired) electrons. The van der Waals surface area contributed by atoms with Crippen LogP contribution in [0, 0.1) is 10.1 Å². The number of hydrogen-bond donors (Lipinski definition) is 0. The van der Waals surface area contributed by atoms with Crippen LogP contribution in [0.15, 0.2) is 18.2 Å². The number of ether oxygens (including phenoxy) is 2. The fourth-order valence-electron chi connectivity index (χ4n) is 3.23. The number of nitro groups is 1. The molecule has 1 aromatic carbocycles. The third-order valence-electron chi connectivity index (χ3n) is 4.47. The second-order valence-corrected chi connectivity index (χ2v) is 7.65. The van der Waals surface area contributed by atoms with Crippen molar-refractivity contribution in [3.63, 3.8) is 0 Å². The van der Waals surface area contributed by atoms with Gasteiger partial charge in [-0.05, 0) is 39.3 Å². The molecule has 150 valence electrons. The zero-order chi connectivity index (χ0) is 20.2. The van der Waals surface area contributed by atoms with Crippen LogP contribution in [0.25, 0.3) is 0 Å². The van der Waals surface area contributed by atoms with E-state index in [2.05, 4.69) is 4.90 Å². The van der Waals surface area contributed by atoms with Crippen molar-refractivity contribution in [3.05, 3.63) is 33.9 Å². The molecule has 8 heteroatoms. The van der Waals surface area contributed by atoms with Gasteiger partial charge in [0.25, 0.3) is 5.69 Å². The first-order chi connectivity index (χ1) is 12.7. The van der Waals surface area contributed by atoms with E-state index in [0.29, 0.717) is 38.2 Å². The summed E-state index contributed by atoms with van der Waals surface area (Å²) in [5.74, 6) is 0. The first-order valence-electron chi connectivity index (χ1n) is 9.17. The van der Waals surface area contributed by atoms with Gasteiger partial charge in [-0.3, -0.25) is 10.1 Å². The van der Waals surface area contributed by atoms with Crippen LogP contribution in [0.1, 0.15) is 33.3 Å². The molecular weight excluding hydrogens is 350 g/mol. The number of rotatable bonds is 5. The molecule has 2 rings (SSSR count). The minimum absolute atomic E-state index is 0.0533. The lowest BCUT2D eigenvalue weighted by Gasteiger charge is -2.42. The summed E-state index contributed by atoms with van der Waals surface area (Å²) < 4.78 is 10.8. The van der Waals surface area contributed by atoms with E-state index in [4.69, 9.17) is 9.47 Å². The molecule has 0 unspecified atom stereocenters. The molecule has 1 fully saturated rings. The summed E-state index contributed by atoms with van der Waals surface area (Å²) in [7, 11) is 1.62. The number of carbonyl (C=O) groups is 1. The molecule has 0 bridgehead atoms. The molecule has 1 saturated heterocycles. The van der Waals surface area contributed by atoms with Crippen LogP contribution in [-0.4, -0.2) is 60.9 Å². The van der Waals surface area contributed by atoms with Crippen molar-refractivity contribution >= 4 is 17.5 Å². The van der Waals surface area contributed by atoms with E-state index >= 15 is 0 Å². The summed E-state index contributed by atoms with van der Waals surface area (Å²) >= 11 is 0. The Kier molecular flexibility index (Phi) is 6.64. The van der Waals surface area contributed by atoms with Crippen LogP contribution in [-0.2, 0) is 15.9 Å². The molecule has 27 heavy (non-hydrogen) atoms. The number of methoxy groups -OCH3 is 1. The molecule has 0 aliphatic carbocycles. The van der Waals surface area contributed by atoms with Gasteiger partial charge >= 0.3 is 6.09 Å². The standard InChI is InChI=1S/C19H29N3O5/c1-6-14-11-15(7-8-17(14)22(24)25)21-10-9-20(12-16(21)13-26-5)18(23)27-19(2,3)4/h7-8,11,16H,6,9-10,12-13H2,1-5H3/t16-/m1/s1. The van der Waals surface area contributed by atoms with Crippen molar-refractivity contribution < 1.29 is 19.2 Å². The molecule has 0 aromatic heterocycles. The summed E-state index contributed by atoms with van der Waals surface area (Å²) in [5, 5.41) is 11.2. The number of benzene rings is 1. The average molecular weight is 379 g/mol. The average Bonchev–Trinajstić information content (AvgIpc) is 2.59. The van der Waals surface area contributed by atoms with E-state index in [1.54, 1.807) is 24.1 Å². The molecule has 8 nitrogen and oxygen atoms in total. The number of amides is 1. The Morgan fingerprint density at radius 3 is 2.59 bits per heavy atom. The molecule has 0 spiro atoms. The predicted octanol–water partition coefficient (Wildman–Crippen LogP) is 3.23. The van der Waals surface area contributed by atoms with E-state index in [1.165, 1.54) is 0 Å². The molecule has 0 saturated carbocycles. The Morgan fingerprint density at radius 1 is 1.33 bits per heavy atom. The number of nitro benzene ring substituents is 1. The van der Waals surface area contributed by atoms with Crippen LogP contribution >= 0.6 is 0 Å². The number of hydrogen-bond acceptors (Lipinski definition) is 6. The summed E-state index contributed by atoms with van der Waals surface area (Å²) in [6.07, 6.45) is 0.248. The fraction of sp³-hybridized carbons (Fsp3) is 0.632. The minimum atomic E-state index is -0.542. The Morgan fingerprint density at radius 2 is 2.04 bits per heavy atom. The quantitative estimate of drug-likeness (QED) is 0.577. The van der Waals surface area contributed by atoms with Gasteiger partial charge in [-0.25, -0.2) is 4.79 Å². The zero-order valence-corrected chi connectivity index (χ0v) is 16.7. The Hall–Kier alpha value is -2.35. The third kappa shape index (κ3) is 5.32. The lowest BCUT2D eigenvalue weighted by atomic mass is 10.1. The number of nitrogens with zero attached hydrogens (tertiary/aromatic N) is 3. The smallest absolute Gasteiger partial charge is 0.410 e. The van der Waals surface area contributed by atoms with Gasteiger partial charge < -0.3 is 19.3 Å². The van der Waals surface area contributed by atoms with E-state index in [-0.39, 0.29) is 22.7 Å². The summed E-state index contributed by atoms with van der Waals surface area (Å²) in [6.45, 7) is 9.48. The highest BCUT2D eigenvalue weighted by Crippen LogP contribution is 2.28. The maximum absolute atomic E-state index is 12.4. The highest BCUT2D eigenvalue weighted by Gasteiger charge is 2.32. The summed E-state index contributed by atoms with van der Waals surface area (Å²) in [5.41, 5.74) is 1.20. The highest BCUT2D eigenvalue weighted by molar-refractivity contribution is 5.69. The van der Waals surface area contributed by atoms with Gasteiger partial charge in [-0.15, -0.1) is 0 Å². The second-order valence-electron chi connectivity index (χ2n) is 7.65. The van der Waals surface area contributed by atoms with Crippen LogP contribution < -0.4 is 4.90 Å². The van der Waals surface area contributed by atoms with Gasteiger partial charge in [-0.1, -0.05) is 6.92 Å². The SMILES string of the molecule is CCc1cc(N2CCN(C(=O)OC(C)(C)C)C[C@@H]2COC)ccc1[N+](=O)[O-]. The minimum Gasteiger partial charge on any atom is -0.444 e. The van der Waals surface area contributed by atoms with E-state index in [1.807, 2.05) is 33.8 Å². The van der Waals surface area contributed by atoms with E-state index in [9.17, 15) is 14.9 Å². The maximum atomic E-state index is 12.4. The highest BCUT2D eigenvalue weighted by atomic mass is 16.6. The van der Waals surface area contributed by atoms with Crippen molar-refractivity contribution in [2.45, 2.75) is 45.8 Å². The lowest BCUT2D eigenvalue weighted by molar-refractivity contribution is -0.385. The van der Waals surface area contributed by atoms with Crippen LogP contribution in [0.2, 0.25) is 0 Å². The van der Waals surface area contributed by atoms with Gasteiger partial charge in [-0.2, -0.15) is 0 Å². The molecule has 1 aromatic rings. The second kappa shape index (κ2) is 8.56. The van der Waals surface area contributed by atoms with Crippen molar-refractivity contribution in [2.75, 3.05) is 38.3 Å². The van der Waals surface area contributed by atoms with Crippen molar-refractivity contribution in [1.82, 2.24) is 4.90 Å². The van der Waals surface area contributed by atoms with Crippen molar-refractivity contribution in [2.24, 2.45) is 0 Å². The van der Waals surface area contributed by atoms with Gasteiger partial charge in [0.05, 0.1) is 17.6 Å². The number of carbonyl (C=O) groups excluding carboxylic acids is 1. The zero-order valence-electron chi connectivity index (χ0n) is 16.7. The van der Waals surface area contributed by atoms with Gasteiger partial charge in [0.15, 0.2) is 0 Å². The first kappa shape index (κ1) is 21.0. The van der Waals surface area contributed by atoms with Crippen LogP contribution in [0.4, 0.5) is 16.2 Å². The monoisotopic (exact) mass is 379 g/mol.